The van der Waals surface area contributed by atoms with Crippen LogP contribution in [0, 0.1) is 17.0 Å². The van der Waals surface area contributed by atoms with E-state index in [0.29, 0.717) is 5.69 Å². The number of nitro benzene ring substituents is 1. The predicted octanol–water partition coefficient (Wildman–Crippen LogP) is 3.54. The zero-order chi connectivity index (χ0) is 15.4. The van der Waals surface area contributed by atoms with Crippen LogP contribution >= 0.6 is 0 Å². The van der Waals surface area contributed by atoms with Gasteiger partial charge in [-0.1, -0.05) is 29.8 Å². The highest BCUT2D eigenvalue weighted by Crippen LogP contribution is 2.19. The summed E-state index contributed by atoms with van der Waals surface area (Å²) in [5, 5.41) is 10.7. The third-order valence-electron chi connectivity index (χ3n) is 3.03. The summed E-state index contributed by atoms with van der Waals surface area (Å²) >= 11 is 0. The lowest BCUT2D eigenvalue weighted by Gasteiger charge is -2.16. The second-order valence-electron chi connectivity index (χ2n) is 4.97. The van der Waals surface area contributed by atoms with Crippen LogP contribution in [0.25, 0.3) is 0 Å². The molecule has 0 heterocycles. The van der Waals surface area contributed by atoms with Crippen LogP contribution in [0.3, 0.4) is 0 Å². The lowest BCUT2D eigenvalue weighted by molar-refractivity contribution is -0.384. The zero-order valence-electron chi connectivity index (χ0n) is 12.3. The number of hydrogen-bond donors (Lipinski definition) is 0. The summed E-state index contributed by atoms with van der Waals surface area (Å²) < 4.78 is 0. The molecular weight excluding hydrogens is 266 g/mol. The third-order valence-corrected chi connectivity index (χ3v) is 3.03. The summed E-state index contributed by atoms with van der Waals surface area (Å²) in [5.74, 6) is 0.809. The van der Waals surface area contributed by atoms with Gasteiger partial charge in [-0.3, -0.25) is 10.1 Å². The molecule has 0 N–H and O–H groups in total. The molecule has 0 aliphatic carbocycles. The molecule has 2 aromatic carbocycles. The second-order valence-corrected chi connectivity index (χ2v) is 4.97. The quantitative estimate of drug-likeness (QED) is 0.374. The van der Waals surface area contributed by atoms with Crippen LogP contribution in [-0.2, 0) is 0 Å². The second kappa shape index (κ2) is 6.17. The van der Waals surface area contributed by atoms with Crippen molar-refractivity contribution < 1.29 is 4.92 Å². The monoisotopic (exact) mass is 283 g/mol. The first-order valence-corrected chi connectivity index (χ1v) is 6.55. The number of hydrogen-bond acceptors (Lipinski definition) is 3. The molecule has 2 aromatic rings. The van der Waals surface area contributed by atoms with Gasteiger partial charge in [0.2, 0.25) is 0 Å². The van der Waals surface area contributed by atoms with Crippen molar-refractivity contribution in [2.75, 3.05) is 14.1 Å². The molecule has 0 radical (unpaired) electrons. The Labute approximate surface area is 123 Å². The topological polar surface area (TPSA) is 58.7 Å². The number of nitrogens with zero attached hydrogens (tertiary/aromatic N) is 3. The molecule has 0 aromatic heterocycles. The van der Waals surface area contributed by atoms with Crippen LogP contribution in [0.1, 0.15) is 11.1 Å². The first-order chi connectivity index (χ1) is 9.97. The smallest absolute Gasteiger partial charge is 0.269 e. The molecule has 5 heteroatoms. The lowest BCUT2D eigenvalue weighted by atomic mass is 10.1. The summed E-state index contributed by atoms with van der Waals surface area (Å²) in [5.41, 5.74) is 2.94. The summed E-state index contributed by atoms with van der Waals surface area (Å²) in [6.07, 6.45) is 0. The van der Waals surface area contributed by atoms with Gasteiger partial charge in [-0.2, -0.15) is 0 Å². The van der Waals surface area contributed by atoms with Crippen molar-refractivity contribution in [1.29, 1.82) is 0 Å². The van der Waals surface area contributed by atoms with Crippen LogP contribution < -0.4 is 0 Å². The first kappa shape index (κ1) is 14.7. The molecule has 108 valence electrons. The van der Waals surface area contributed by atoms with Crippen LogP contribution in [0.2, 0.25) is 0 Å². The van der Waals surface area contributed by atoms with Crippen molar-refractivity contribution in [3.63, 3.8) is 0 Å². The van der Waals surface area contributed by atoms with Crippen LogP contribution in [-0.4, -0.2) is 29.8 Å². The van der Waals surface area contributed by atoms with Gasteiger partial charge in [-0.15, -0.1) is 0 Å². The predicted molar refractivity (Wildman–Crippen MR) is 84.2 cm³/mol. The molecule has 0 fully saturated rings. The maximum Gasteiger partial charge on any atom is 0.269 e. The Morgan fingerprint density at radius 3 is 2.10 bits per heavy atom. The minimum Gasteiger partial charge on any atom is -0.362 e. The molecule has 21 heavy (non-hydrogen) atoms. The Morgan fingerprint density at radius 1 is 1.05 bits per heavy atom. The lowest BCUT2D eigenvalue weighted by Crippen LogP contribution is -2.22. The molecule has 0 saturated carbocycles. The Balaban J connectivity index is 2.37. The molecular formula is C16H17N3O2. The normalized spacial score (nSPS) is 11.3. The van der Waals surface area contributed by atoms with Gasteiger partial charge in [0, 0.05) is 31.8 Å². The van der Waals surface area contributed by atoms with Gasteiger partial charge in [-0.05, 0) is 19.1 Å². The van der Waals surface area contributed by atoms with Crippen molar-refractivity contribution in [1.82, 2.24) is 4.90 Å². The molecule has 0 amide bonds. The number of aryl methyl sites for hydroxylation is 1. The van der Waals surface area contributed by atoms with Gasteiger partial charge < -0.3 is 4.90 Å². The summed E-state index contributed by atoms with van der Waals surface area (Å²) in [7, 11) is 3.84. The molecule has 0 saturated heterocycles. The highest BCUT2D eigenvalue weighted by Gasteiger charge is 2.08. The standard InChI is InChI=1S/C16H17N3O2/c1-12-4-6-13(7-5-12)16(18(2)3)17-14-8-10-15(11-9-14)19(20)21/h4-11H,1-3H3. The van der Waals surface area contributed by atoms with E-state index in [0.717, 1.165) is 11.4 Å². The molecule has 0 aliphatic heterocycles. The fourth-order valence-electron chi connectivity index (χ4n) is 1.90. The van der Waals surface area contributed by atoms with Crippen LogP contribution in [0.4, 0.5) is 11.4 Å². The Hall–Kier alpha value is -2.69. The van der Waals surface area contributed by atoms with Gasteiger partial charge in [0.25, 0.3) is 5.69 Å². The largest absolute Gasteiger partial charge is 0.362 e. The summed E-state index contributed by atoms with van der Waals surface area (Å²) in [6.45, 7) is 2.03. The van der Waals surface area contributed by atoms with E-state index in [2.05, 4.69) is 4.99 Å². The fourth-order valence-corrected chi connectivity index (χ4v) is 1.90. The van der Waals surface area contributed by atoms with Crippen LogP contribution in [0.15, 0.2) is 53.5 Å². The Kier molecular flexibility index (Phi) is 4.33. The van der Waals surface area contributed by atoms with E-state index in [4.69, 9.17) is 0 Å². The molecule has 2 rings (SSSR count). The van der Waals surface area contributed by atoms with Gasteiger partial charge >= 0.3 is 0 Å². The van der Waals surface area contributed by atoms with Crippen molar-refractivity contribution in [2.24, 2.45) is 4.99 Å². The maximum atomic E-state index is 10.7. The number of rotatable bonds is 3. The number of aliphatic imine (C=N–C) groups is 1. The molecule has 0 aliphatic rings. The molecule has 0 bridgehead atoms. The average molecular weight is 283 g/mol. The Bertz CT molecular complexity index is 659. The van der Waals surface area contributed by atoms with Gasteiger partial charge in [-0.25, -0.2) is 4.99 Å². The number of benzene rings is 2. The van der Waals surface area contributed by atoms with E-state index in [1.807, 2.05) is 50.2 Å². The van der Waals surface area contributed by atoms with Crippen LogP contribution in [0.5, 0.6) is 0 Å². The van der Waals surface area contributed by atoms with E-state index in [1.165, 1.54) is 17.7 Å². The molecule has 0 atom stereocenters. The fraction of sp³-hybridized carbons (Fsp3) is 0.188. The first-order valence-electron chi connectivity index (χ1n) is 6.55. The molecule has 5 nitrogen and oxygen atoms in total. The van der Waals surface area contributed by atoms with Crippen molar-refractivity contribution in [3.05, 3.63) is 69.8 Å². The number of amidine groups is 1. The number of nitro groups is 1. The van der Waals surface area contributed by atoms with Crippen molar-refractivity contribution >= 4 is 17.2 Å². The van der Waals surface area contributed by atoms with Crippen molar-refractivity contribution in [3.8, 4) is 0 Å². The Morgan fingerprint density at radius 2 is 1.62 bits per heavy atom. The summed E-state index contributed by atoms with van der Waals surface area (Å²) in [4.78, 5) is 16.7. The highest BCUT2D eigenvalue weighted by molar-refractivity contribution is 6.00. The van der Waals surface area contributed by atoms with E-state index in [9.17, 15) is 10.1 Å². The molecule has 0 unspecified atom stereocenters. The minimum absolute atomic E-state index is 0.0655. The SMILES string of the molecule is Cc1ccc(C(=Nc2ccc([N+](=O)[O-])cc2)N(C)C)cc1. The highest BCUT2D eigenvalue weighted by atomic mass is 16.6. The molecule has 0 spiro atoms. The zero-order valence-corrected chi connectivity index (χ0v) is 12.3. The van der Waals surface area contributed by atoms with Gasteiger partial charge in [0.1, 0.15) is 5.84 Å². The third kappa shape index (κ3) is 3.66. The summed E-state index contributed by atoms with van der Waals surface area (Å²) in [6, 6.07) is 14.3. The number of non-ortho nitro benzene ring substituents is 1. The van der Waals surface area contributed by atoms with E-state index in [-0.39, 0.29) is 5.69 Å². The average Bonchev–Trinajstić information content (AvgIpc) is 2.46. The maximum absolute atomic E-state index is 10.7. The van der Waals surface area contributed by atoms with E-state index in [1.54, 1.807) is 12.1 Å². The van der Waals surface area contributed by atoms with Gasteiger partial charge in [0.15, 0.2) is 0 Å². The van der Waals surface area contributed by atoms with E-state index < -0.39 is 4.92 Å². The minimum atomic E-state index is -0.416. The van der Waals surface area contributed by atoms with Crippen molar-refractivity contribution in [2.45, 2.75) is 6.92 Å². The van der Waals surface area contributed by atoms with E-state index >= 15 is 0 Å². The van der Waals surface area contributed by atoms with Gasteiger partial charge in [0.05, 0.1) is 10.6 Å².